The maximum atomic E-state index is 13.6. The van der Waals surface area contributed by atoms with E-state index < -0.39 is 11.6 Å². The van der Waals surface area contributed by atoms with Gasteiger partial charge in [-0.2, -0.15) is 0 Å². The number of rotatable bonds is 3. The molecule has 0 amide bonds. The van der Waals surface area contributed by atoms with Crippen LogP contribution in [0.15, 0.2) is 17.1 Å². The second-order valence-electron chi connectivity index (χ2n) is 4.88. The average molecular weight is 305 g/mol. The van der Waals surface area contributed by atoms with Gasteiger partial charge < -0.3 is 5.32 Å². The van der Waals surface area contributed by atoms with Gasteiger partial charge in [0.1, 0.15) is 5.82 Å². The first-order valence-corrected chi connectivity index (χ1v) is 7.34. The molecule has 0 spiro atoms. The summed E-state index contributed by atoms with van der Waals surface area (Å²) in [6.45, 7) is 5.02. The van der Waals surface area contributed by atoms with Gasteiger partial charge >= 0.3 is 0 Å². The molecule has 0 radical (unpaired) electrons. The molecular formula is C13H15ClF2N2S. The highest BCUT2D eigenvalue weighted by molar-refractivity contribution is 8.15. The number of amidine groups is 1. The van der Waals surface area contributed by atoms with Gasteiger partial charge in [-0.05, 0) is 18.4 Å². The molecule has 0 saturated heterocycles. The zero-order chi connectivity index (χ0) is 14.0. The third kappa shape index (κ3) is 3.83. The summed E-state index contributed by atoms with van der Waals surface area (Å²) >= 11 is 7.40. The number of nitrogens with zero attached hydrogens (tertiary/aromatic N) is 1. The highest BCUT2D eigenvalue weighted by atomic mass is 35.5. The molecule has 1 aromatic rings. The summed E-state index contributed by atoms with van der Waals surface area (Å²) in [6, 6.07) is 1.89. The summed E-state index contributed by atoms with van der Waals surface area (Å²) in [6.07, 6.45) is 1.05. The highest BCUT2D eigenvalue weighted by Gasteiger charge is 2.22. The molecule has 1 aliphatic heterocycles. The Balaban J connectivity index is 2.04. The van der Waals surface area contributed by atoms with Crippen LogP contribution in [-0.2, 0) is 0 Å². The highest BCUT2D eigenvalue weighted by Crippen LogP contribution is 2.31. The summed E-state index contributed by atoms with van der Waals surface area (Å²) in [5.74, 6) is -0.800. The van der Waals surface area contributed by atoms with Gasteiger partial charge in [-0.25, -0.2) is 8.78 Å². The Morgan fingerprint density at radius 3 is 2.84 bits per heavy atom. The fourth-order valence-electron chi connectivity index (χ4n) is 1.90. The Labute approximate surface area is 120 Å². The van der Waals surface area contributed by atoms with Crippen LogP contribution in [0.5, 0.6) is 0 Å². The Kier molecular flexibility index (Phi) is 4.68. The van der Waals surface area contributed by atoms with Crippen LogP contribution in [-0.4, -0.2) is 17.0 Å². The van der Waals surface area contributed by atoms with E-state index in [4.69, 9.17) is 11.6 Å². The maximum absolute atomic E-state index is 13.6. The molecule has 1 heterocycles. The first kappa shape index (κ1) is 14.6. The first-order chi connectivity index (χ1) is 8.95. The van der Waals surface area contributed by atoms with Crippen molar-refractivity contribution in [2.45, 2.75) is 25.5 Å². The Morgan fingerprint density at radius 2 is 2.21 bits per heavy atom. The Hall–Kier alpha value is -0.810. The number of nitrogens with one attached hydrogen (secondary N) is 1. The molecule has 0 saturated carbocycles. The Bertz CT molecular complexity index is 482. The normalized spacial score (nSPS) is 18.8. The van der Waals surface area contributed by atoms with Gasteiger partial charge in [-0.3, -0.25) is 4.99 Å². The van der Waals surface area contributed by atoms with Crippen molar-refractivity contribution in [3.8, 4) is 0 Å². The molecule has 6 heteroatoms. The number of halogens is 3. The molecule has 1 N–H and O–H groups in total. The molecule has 1 aromatic carbocycles. The molecule has 0 fully saturated rings. The number of hydrogen-bond donors (Lipinski definition) is 1. The topological polar surface area (TPSA) is 24.4 Å². The van der Waals surface area contributed by atoms with Crippen molar-refractivity contribution in [3.63, 3.8) is 0 Å². The number of aliphatic imine (C=N–C) groups is 1. The second-order valence-corrected chi connectivity index (χ2v) is 6.58. The zero-order valence-corrected chi connectivity index (χ0v) is 12.3. The largest absolute Gasteiger partial charge is 0.331 e. The van der Waals surface area contributed by atoms with E-state index in [1.807, 2.05) is 0 Å². The van der Waals surface area contributed by atoms with Crippen LogP contribution in [0.4, 0.5) is 14.5 Å². The molecule has 1 unspecified atom stereocenters. The Morgan fingerprint density at radius 1 is 1.47 bits per heavy atom. The van der Waals surface area contributed by atoms with Crippen LogP contribution < -0.4 is 5.32 Å². The van der Waals surface area contributed by atoms with Gasteiger partial charge in [0.2, 0.25) is 0 Å². The minimum absolute atomic E-state index is 0.0214. The van der Waals surface area contributed by atoms with Gasteiger partial charge in [0.25, 0.3) is 0 Å². The number of anilines is 1. The van der Waals surface area contributed by atoms with Gasteiger partial charge in [0.05, 0.1) is 17.3 Å². The summed E-state index contributed by atoms with van der Waals surface area (Å²) in [4.78, 5) is 4.32. The lowest BCUT2D eigenvalue weighted by atomic mass is 10.1. The van der Waals surface area contributed by atoms with E-state index in [-0.39, 0.29) is 10.7 Å². The summed E-state index contributed by atoms with van der Waals surface area (Å²) < 4.78 is 26.6. The van der Waals surface area contributed by atoms with Crippen LogP contribution in [0.25, 0.3) is 0 Å². The first-order valence-electron chi connectivity index (χ1n) is 6.08. The van der Waals surface area contributed by atoms with E-state index in [1.165, 1.54) is 0 Å². The minimum atomic E-state index is -0.708. The SMILES string of the molecule is CC(C)CC1CN=C(Nc2c(F)cc(F)cc2Cl)S1. The quantitative estimate of drug-likeness (QED) is 0.886. The predicted octanol–water partition coefficient (Wildman–Crippen LogP) is 4.55. The van der Waals surface area contributed by atoms with Crippen molar-refractivity contribution in [2.75, 3.05) is 11.9 Å². The molecule has 0 aromatic heterocycles. The van der Waals surface area contributed by atoms with Crippen LogP contribution in [0.1, 0.15) is 20.3 Å². The van der Waals surface area contributed by atoms with Crippen molar-refractivity contribution in [1.82, 2.24) is 0 Å². The molecule has 1 atom stereocenters. The molecule has 104 valence electrons. The lowest BCUT2D eigenvalue weighted by molar-refractivity contribution is 0.575. The van der Waals surface area contributed by atoms with Gasteiger partial charge in [-0.15, -0.1) is 0 Å². The lowest BCUT2D eigenvalue weighted by Crippen LogP contribution is -2.11. The van der Waals surface area contributed by atoms with Crippen LogP contribution in [0.2, 0.25) is 5.02 Å². The summed E-state index contributed by atoms with van der Waals surface area (Å²) in [5, 5.41) is 3.91. The molecule has 19 heavy (non-hydrogen) atoms. The van der Waals surface area contributed by atoms with Crippen molar-refractivity contribution < 1.29 is 8.78 Å². The smallest absolute Gasteiger partial charge is 0.161 e. The predicted molar refractivity (Wildman–Crippen MR) is 78.1 cm³/mol. The fraction of sp³-hybridized carbons (Fsp3) is 0.462. The molecule has 0 bridgehead atoms. The molecular weight excluding hydrogens is 290 g/mol. The van der Waals surface area contributed by atoms with Crippen molar-refractivity contribution in [1.29, 1.82) is 0 Å². The van der Waals surface area contributed by atoms with Crippen LogP contribution in [0.3, 0.4) is 0 Å². The van der Waals surface area contributed by atoms with E-state index >= 15 is 0 Å². The standard InChI is InChI=1S/C13H15ClF2N2S/c1-7(2)3-9-6-17-13(19-9)18-12-10(14)4-8(15)5-11(12)16/h4-5,7,9H,3,6H2,1-2H3,(H,17,18). The van der Waals surface area contributed by atoms with Crippen molar-refractivity contribution in [3.05, 3.63) is 28.8 Å². The second kappa shape index (κ2) is 6.09. The van der Waals surface area contributed by atoms with E-state index in [2.05, 4.69) is 24.2 Å². The maximum Gasteiger partial charge on any atom is 0.161 e. The molecule has 1 aliphatic rings. The number of hydrogen-bond acceptors (Lipinski definition) is 3. The van der Waals surface area contributed by atoms with Crippen molar-refractivity contribution >= 4 is 34.2 Å². The van der Waals surface area contributed by atoms with Gasteiger partial charge in [0.15, 0.2) is 11.0 Å². The monoisotopic (exact) mass is 304 g/mol. The zero-order valence-electron chi connectivity index (χ0n) is 10.7. The van der Waals surface area contributed by atoms with Gasteiger partial charge in [0, 0.05) is 11.3 Å². The summed E-state index contributed by atoms with van der Waals surface area (Å²) in [7, 11) is 0. The third-order valence-corrected chi connectivity index (χ3v) is 4.12. The van der Waals surface area contributed by atoms with Gasteiger partial charge in [-0.1, -0.05) is 37.2 Å². The van der Waals surface area contributed by atoms with E-state index in [0.717, 1.165) is 18.6 Å². The summed E-state index contributed by atoms with van der Waals surface area (Å²) in [5.41, 5.74) is 0.0829. The third-order valence-electron chi connectivity index (χ3n) is 2.69. The van der Waals surface area contributed by atoms with E-state index in [9.17, 15) is 8.78 Å². The molecule has 0 aliphatic carbocycles. The van der Waals surface area contributed by atoms with Crippen LogP contribution in [0, 0.1) is 17.6 Å². The van der Waals surface area contributed by atoms with E-state index in [0.29, 0.717) is 22.9 Å². The number of benzene rings is 1. The minimum Gasteiger partial charge on any atom is -0.331 e. The molecule has 2 nitrogen and oxygen atoms in total. The van der Waals surface area contributed by atoms with E-state index in [1.54, 1.807) is 11.8 Å². The van der Waals surface area contributed by atoms with Crippen LogP contribution >= 0.6 is 23.4 Å². The lowest BCUT2D eigenvalue weighted by Gasteiger charge is -2.12. The fourth-order valence-corrected chi connectivity index (χ4v) is 3.40. The average Bonchev–Trinajstić information content (AvgIpc) is 2.70. The van der Waals surface area contributed by atoms with Crippen molar-refractivity contribution in [2.24, 2.45) is 10.9 Å². The number of thioether (sulfide) groups is 1. The molecule has 2 rings (SSSR count).